The van der Waals surface area contributed by atoms with Gasteiger partial charge < -0.3 is 16.2 Å². The van der Waals surface area contributed by atoms with Crippen molar-refractivity contribution in [2.75, 3.05) is 0 Å². The molecular formula is C13H22N2O3. The molecule has 0 aromatic heterocycles. The molecule has 0 spiro atoms. The maximum atomic E-state index is 12.2. The van der Waals surface area contributed by atoms with Crippen LogP contribution in [-0.4, -0.2) is 28.6 Å². The minimum absolute atomic E-state index is 0.119. The van der Waals surface area contributed by atoms with Gasteiger partial charge in [-0.05, 0) is 25.7 Å². The first-order valence-corrected chi connectivity index (χ1v) is 6.86. The van der Waals surface area contributed by atoms with Gasteiger partial charge in [-0.1, -0.05) is 25.7 Å². The molecule has 2 fully saturated rings. The van der Waals surface area contributed by atoms with Crippen LogP contribution in [0.4, 0.5) is 0 Å². The lowest BCUT2D eigenvalue weighted by atomic mass is 9.83. The molecule has 2 saturated carbocycles. The van der Waals surface area contributed by atoms with Gasteiger partial charge in [0.15, 0.2) is 0 Å². The van der Waals surface area contributed by atoms with Gasteiger partial charge >= 0.3 is 5.97 Å². The van der Waals surface area contributed by atoms with E-state index >= 15 is 0 Å². The Labute approximate surface area is 107 Å². The van der Waals surface area contributed by atoms with Gasteiger partial charge in [0.05, 0.1) is 5.92 Å². The van der Waals surface area contributed by atoms with Crippen LogP contribution in [0.3, 0.4) is 0 Å². The molecule has 2 unspecified atom stereocenters. The first-order chi connectivity index (χ1) is 8.55. The highest BCUT2D eigenvalue weighted by atomic mass is 16.4. The molecule has 102 valence electrons. The van der Waals surface area contributed by atoms with Crippen LogP contribution in [0.1, 0.15) is 51.4 Å². The second-order valence-electron chi connectivity index (χ2n) is 5.64. The number of carboxylic acid groups (broad SMARTS) is 1. The minimum Gasteiger partial charge on any atom is -0.480 e. The largest absolute Gasteiger partial charge is 0.480 e. The lowest BCUT2D eigenvalue weighted by Gasteiger charge is -2.32. The van der Waals surface area contributed by atoms with Crippen LogP contribution >= 0.6 is 0 Å². The van der Waals surface area contributed by atoms with Crippen molar-refractivity contribution in [2.45, 2.75) is 62.9 Å². The van der Waals surface area contributed by atoms with Crippen molar-refractivity contribution in [3.63, 3.8) is 0 Å². The minimum atomic E-state index is -1.03. The van der Waals surface area contributed by atoms with Gasteiger partial charge in [-0.3, -0.25) is 4.79 Å². The summed E-state index contributed by atoms with van der Waals surface area (Å²) < 4.78 is 0. The van der Waals surface area contributed by atoms with Crippen molar-refractivity contribution in [3.05, 3.63) is 0 Å². The maximum absolute atomic E-state index is 12.2. The number of carbonyl (C=O) groups is 2. The number of carboxylic acids is 1. The molecule has 2 rings (SSSR count). The van der Waals surface area contributed by atoms with Crippen molar-refractivity contribution in [1.82, 2.24) is 5.32 Å². The number of aliphatic carboxylic acids is 1. The average molecular weight is 254 g/mol. The third-order valence-electron chi connectivity index (χ3n) is 4.39. The topological polar surface area (TPSA) is 92.4 Å². The Morgan fingerprint density at radius 1 is 1.11 bits per heavy atom. The van der Waals surface area contributed by atoms with Crippen LogP contribution in [0.15, 0.2) is 0 Å². The molecule has 1 amide bonds. The lowest BCUT2D eigenvalue weighted by Crippen LogP contribution is -2.56. The van der Waals surface area contributed by atoms with E-state index < -0.39 is 11.5 Å². The number of nitrogens with two attached hydrogens (primary N) is 1. The zero-order valence-electron chi connectivity index (χ0n) is 10.7. The molecule has 0 heterocycles. The second-order valence-corrected chi connectivity index (χ2v) is 5.64. The highest BCUT2D eigenvalue weighted by Crippen LogP contribution is 2.31. The molecule has 0 bridgehead atoms. The molecule has 2 aliphatic carbocycles. The number of carbonyl (C=O) groups excluding carboxylic acids is 1. The second kappa shape index (κ2) is 5.26. The fourth-order valence-corrected chi connectivity index (χ4v) is 3.18. The quantitative estimate of drug-likeness (QED) is 0.701. The van der Waals surface area contributed by atoms with Crippen molar-refractivity contribution in [2.24, 2.45) is 11.7 Å². The smallest absolute Gasteiger partial charge is 0.329 e. The Hall–Kier alpha value is -1.10. The summed E-state index contributed by atoms with van der Waals surface area (Å²) in [5.41, 5.74) is 4.93. The predicted molar refractivity (Wildman–Crippen MR) is 66.9 cm³/mol. The zero-order chi connectivity index (χ0) is 13.2. The summed E-state index contributed by atoms with van der Waals surface area (Å²) in [6, 6.07) is -0.119. The first-order valence-electron chi connectivity index (χ1n) is 6.86. The summed E-state index contributed by atoms with van der Waals surface area (Å²) in [4.78, 5) is 23.6. The highest BCUT2D eigenvalue weighted by Gasteiger charge is 2.44. The molecule has 0 aromatic carbocycles. The van der Waals surface area contributed by atoms with Gasteiger partial charge in [-0.15, -0.1) is 0 Å². The third-order valence-corrected chi connectivity index (χ3v) is 4.39. The van der Waals surface area contributed by atoms with Crippen molar-refractivity contribution in [3.8, 4) is 0 Å². The van der Waals surface area contributed by atoms with Crippen LogP contribution in [-0.2, 0) is 9.59 Å². The lowest BCUT2D eigenvalue weighted by molar-refractivity contribution is -0.148. The zero-order valence-corrected chi connectivity index (χ0v) is 10.7. The third kappa shape index (κ3) is 2.51. The normalized spacial score (nSPS) is 30.9. The summed E-state index contributed by atoms with van der Waals surface area (Å²) >= 11 is 0. The molecule has 0 aromatic rings. The molecule has 0 aliphatic heterocycles. The highest BCUT2D eigenvalue weighted by molar-refractivity contribution is 5.88. The first kappa shape index (κ1) is 13.3. The fraction of sp³-hybridized carbons (Fsp3) is 0.846. The van der Waals surface area contributed by atoms with E-state index in [1.54, 1.807) is 0 Å². The van der Waals surface area contributed by atoms with Gasteiger partial charge in [0, 0.05) is 6.04 Å². The van der Waals surface area contributed by atoms with Gasteiger partial charge in [0.2, 0.25) is 5.91 Å². The van der Waals surface area contributed by atoms with E-state index in [-0.39, 0.29) is 17.9 Å². The van der Waals surface area contributed by atoms with Crippen LogP contribution < -0.4 is 11.1 Å². The summed E-state index contributed by atoms with van der Waals surface area (Å²) in [5.74, 6) is -1.28. The summed E-state index contributed by atoms with van der Waals surface area (Å²) in [6.45, 7) is 0. The van der Waals surface area contributed by atoms with Gasteiger partial charge in [-0.25, -0.2) is 4.79 Å². The van der Waals surface area contributed by atoms with Crippen LogP contribution in [0.25, 0.3) is 0 Å². The number of nitrogens with one attached hydrogen (secondary N) is 1. The van der Waals surface area contributed by atoms with Gasteiger partial charge in [0.25, 0.3) is 0 Å². The van der Waals surface area contributed by atoms with Crippen LogP contribution in [0.5, 0.6) is 0 Å². The van der Waals surface area contributed by atoms with E-state index in [0.29, 0.717) is 12.8 Å². The molecule has 4 N–H and O–H groups in total. The molecule has 2 atom stereocenters. The van der Waals surface area contributed by atoms with Crippen molar-refractivity contribution < 1.29 is 14.7 Å². The Morgan fingerprint density at radius 2 is 1.72 bits per heavy atom. The Kier molecular flexibility index (Phi) is 3.90. The number of rotatable bonds is 3. The Balaban J connectivity index is 2.03. The predicted octanol–water partition coefficient (Wildman–Crippen LogP) is 1.02. The molecular weight excluding hydrogens is 232 g/mol. The van der Waals surface area contributed by atoms with Crippen molar-refractivity contribution in [1.29, 1.82) is 0 Å². The van der Waals surface area contributed by atoms with Gasteiger partial charge in [0.1, 0.15) is 5.54 Å². The fourth-order valence-electron chi connectivity index (χ4n) is 3.18. The molecule has 5 nitrogen and oxygen atoms in total. The van der Waals surface area contributed by atoms with E-state index in [1.807, 2.05) is 0 Å². The van der Waals surface area contributed by atoms with E-state index in [9.17, 15) is 14.7 Å². The number of amides is 1. The van der Waals surface area contributed by atoms with Crippen molar-refractivity contribution >= 4 is 11.9 Å². The maximum Gasteiger partial charge on any atom is 0.329 e. The Morgan fingerprint density at radius 3 is 2.28 bits per heavy atom. The van der Waals surface area contributed by atoms with Crippen LogP contribution in [0, 0.1) is 5.92 Å². The van der Waals surface area contributed by atoms with E-state index in [2.05, 4.69) is 5.32 Å². The standard InChI is InChI=1S/C13H22N2O3/c14-10-6-2-1-5-9(10)11(16)15-13(12(17)18)7-3-4-8-13/h9-10H,1-8,14H2,(H,15,16)(H,17,18). The molecule has 2 aliphatic rings. The average Bonchev–Trinajstić information content (AvgIpc) is 2.79. The monoisotopic (exact) mass is 254 g/mol. The number of hydrogen-bond acceptors (Lipinski definition) is 3. The molecule has 5 heteroatoms. The molecule has 0 radical (unpaired) electrons. The van der Waals surface area contributed by atoms with E-state index in [4.69, 9.17) is 5.73 Å². The van der Waals surface area contributed by atoms with E-state index in [0.717, 1.165) is 38.5 Å². The SMILES string of the molecule is NC1CCCCC1C(=O)NC1(C(=O)O)CCCC1. The molecule has 18 heavy (non-hydrogen) atoms. The van der Waals surface area contributed by atoms with Crippen LogP contribution in [0.2, 0.25) is 0 Å². The number of hydrogen-bond donors (Lipinski definition) is 3. The summed E-state index contributed by atoms with van der Waals surface area (Å²) in [6.07, 6.45) is 6.51. The summed E-state index contributed by atoms with van der Waals surface area (Å²) in [7, 11) is 0. The Bertz CT molecular complexity index is 337. The summed E-state index contributed by atoms with van der Waals surface area (Å²) in [5, 5.41) is 12.1. The van der Waals surface area contributed by atoms with E-state index in [1.165, 1.54) is 0 Å². The molecule has 0 saturated heterocycles. The van der Waals surface area contributed by atoms with Gasteiger partial charge in [-0.2, -0.15) is 0 Å².